The molecule has 124 valence electrons. The number of carbonyl (C=O) groups excluding carboxylic acids is 1. The van der Waals surface area contributed by atoms with E-state index in [0.717, 1.165) is 5.56 Å². The summed E-state index contributed by atoms with van der Waals surface area (Å²) < 4.78 is 13.4. The Morgan fingerprint density at radius 1 is 1.08 bits per heavy atom. The van der Waals surface area contributed by atoms with Crippen LogP contribution in [0.15, 0.2) is 54.6 Å². The van der Waals surface area contributed by atoms with Crippen LogP contribution < -0.4 is 5.32 Å². The lowest BCUT2D eigenvalue weighted by Gasteiger charge is -2.04. The number of rotatable bonds is 7. The van der Waals surface area contributed by atoms with Crippen LogP contribution in [0, 0.1) is 5.82 Å². The van der Waals surface area contributed by atoms with Gasteiger partial charge in [0.15, 0.2) is 0 Å². The van der Waals surface area contributed by atoms with Crippen molar-refractivity contribution in [3.63, 3.8) is 0 Å². The lowest BCUT2D eigenvalue weighted by atomic mass is 10.1. The van der Waals surface area contributed by atoms with Crippen LogP contribution in [-0.4, -0.2) is 17.0 Å². The highest BCUT2D eigenvalue weighted by molar-refractivity contribution is 6.01. The minimum Gasteiger partial charge on any atom is -0.481 e. The maximum absolute atomic E-state index is 13.4. The van der Waals surface area contributed by atoms with Crippen LogP contribution in [0.3, 0.4) is 0 Å². The number of amides is 1. The molecular formula is C19H18FNO3. The number of benzene rings is 2. The Morgan fingerprint density at radius 2 is 1.79 bits per heavy atom. The maximum atomic E-state index is 13.4. The molecule has 0 aliphatic rings. The molecule has 24 heavy (non-hydrogen) atoms. The van der Waals surface area contributed by atoms with Gasteiger partial charge in [-0.2, -0.15) is 0 Å². The topological polar surface area (TPSA) is 66.4 Å². The van der Waals surface area contributed by atoms with Gasteiger partial charge in [0.1, 0.15) is 5.82 Å². The van der Waals surface area contributed by atoms with Gasteiger partial charge in [0.2, 0.25) is 5.91 Å². The van der Waals surface area contributed by atoms with Gasteiger partial charge in [0, 0.05) is 23.7 Å². The van der Waals surface area contributed by atoms with Crippen LogP contribution in [0.5, 0.6) is 0 Å². The molecule has 0 saturated heterocycles. The predicted molar refractivity (Wildman–Crippen MR) is 91.1 cm³/mol. The molecule has 0 heterocycles. The van der Waals surface area contributed by atoms with E-state index in [2.05, 4.69) is 5.32 Å². The number of carboxylic acids is 1. The minimum atomic E-state index is -0.805. The Bertz CT molecular complexity index is 739. The third-order valence-electron chi connectivity index (χ3n) is 3.40. The number of aryl methyl sites for hydroxylation is 1. The number of carboxylic acid groups (broad SMARTS) is 1. The fourth-order valence-corrected chi connectivity index (χ4v) is 2.16. The summed E-state index contributed by atoms with van der Waals surface area (Å²) >= 11 is 0. The largest absolute Gasteiger partial charge is 0.481 e. The molecule has 0 unspecified atom stereocenters. The quantitative estimate of drug-likeness (QED) is 0.758. The second-order valence-corrected chi connectivity index (χ2v) is 5.29. The van der Waals surface area contributed by atoms with E-state index in [1.165, 1.54) is 18.2 Å². The summed E-state index contributed by atoms with van der Waals surface area (Å²) in [5.41, 5.74) is 1.98. The molecule has 0 bridgehead atoms. The zero-order chi connectivity index (χ0) is 17.4. The zero-order valence-corrected chi connectivity index (χ0v) is 13.0. The molecule has 2 aromatic carbocycles. The zero-order valence-electron chi connectivity index (χ0n) is 13.0. The summed E-state index contributed by atoms with van der Waals surface area (Å²) in [7, 11) is 0. The number of anilines is 1. The molecule has 2 N–H and O–H groups in total. The lowest BCUT2D eigenvalue weighted by molar-refractivity contribution is -0.137. The van der Waals surface area contributed by atoms with Crippen LogP contribution in [0.4, 0.5) is 10.1 Å². The normalized spacial score (nSPS) is 10.7. The summed E-state index contributed by atoms with van der Waals surface area (Å²) in [6.45, 7) is 0. The van der Waals surface area contributed by atoms with Crippen molar-refractivity contribution in [1.29, 1.82) is 0 Å². The van der Waals surface area contributed by atoms with Gasteiger partial charge in [-0.3, -0.25) is 9.59 Å². The van der Waals surface area contributed by atoms with E-state index in [9.17, 15) is 14.0 Å². The highest BCUT2D eigenvalue weighted by Gasteiger charge is 2.02. The Labute approximate surface area is 139 Å². The van der Waals surface area contributed by atoms with E-state index in [0.29, 0.717) is 24.1 Å². The van der Waals surface area contributed by atoms with Crippen molar-refractivity contribution >= 4 is 23.6 Å². The number of halogens is 1. The smallest absolute Gasteiger partial charge is 0.303 e. The van der Waals surface area contributed by atoms with E-state index < -0.39 is 5.97 Å². The monoisotopic (exact) mass is 327 g/mol. The first-order chi connectivity index (χ1) is 11.5. The van der Waals surface area contributed by atoms with E-state index in [1.54, 1.807) is 30.3 Å². The molecule has 0 aliphatic carbocycles. The van der Waals surface area contributed by atoms with Crippen LogP contribution >= 0.6 is 0 Å². The molecule has 1 amide bonds. The number of nitrogens with one attached hydrogen (secondary N) is 1. The molecule has 2 rings (SSSR count). The van der Waals surface area contributed by atoms with Crippen LogP contribution in [0.2, 0.25) is 0 Å². The van der Waals surface area contributed by atoms with Gasteiger partial charge in [-0.1, -0.05) is 30.3 Å². The van der Waals surface area contributed by atoms with Gasteiger partial charge in [-0.15, -0.1) is 0 Å². The van der Waals surface area contributed by atoms with Gasteiger partial charge < -0.3 is 10.4 Å². The van der Waals surface area contributed by atoms with Crippen molar-refractivity contribution in [2.45, 2.75) is 19.3 Å². The minimum absolute atomic E-state index is 0.138. The highest BCUT2D eigenvalue weighted by atomic mass is 19.1. The van der Waals surface area contributed by atoms with E-state index in [1.807, 2.05) is 12.1 Å². The van der Waals surface area contributed by atoms with Gasteiger partial charge in [-0.05, 0) is 42.7 Å². The van der Waals surface area contributed by atoms with Gasteiger partial charge in [-0.25, -0.2) is 4.39 Å². The SMILES string of the molecule is O=C(O)CCCc1ccc(NC(=O)/C=C/c2ccccc2F)cc1. The summed E-state index contributed by atoms with van der Waals surface area (Å²) in [5.74, 6) is -1.54. The van der Waals surface area contributed by atoms with Crippen LogP contribution in [-0.2, 0) is 16.0 Å². The lowest BCUT2D eigenvalue weighted by Crippen LogP contribution is -2.07. The van der Waals surface area contributed by atoms with E-state index in [-0.39, 0.29) is 18.1 Å². The first-order valence-corrected chi connectivity index (χ1v) is 7.59. The van der Waals surface area contributed by atoms with Crippen molar-refractivity contribution in [2.24, 2.45) is 0 Å². The molecule has 0 atom stereocenters. The second-order valence-electron chi connectivity index (χ2n) is 5.29. The van der Waals surface area contributed by atoms with Gasteiger partial charge in [0.25, 0.3) is 0 Å². The van der Waals surface area contributed by atoms with Gasteiger partial charge in [0.05, 0.1) is 0 Å². The Balaban J connectivity index is 1.88. The van der Waals surface area contributed by atoms with Crippen molar-refractivity contribution in [3.8, 4) is 0 Å². The molecule has 0 aromatic heterocycles. The Hall–Kier alpha value is -2.95. The number of hydrogen-bond acceptors (Lipinski definition) is 2. The maximum Gasteiger partial charge on any atom is 0.303 e. The summed E-state index contributed by atoms with van der Waals surface area (Å²) in [5, 5.41) is 11.3. The van der Waals surface area contributed by atoms with Crippen LogP contribution in [0.1, 0.15) is 24.0 Å². The fourth-order valence-electron chi connectivity index (χ4n) is 2.16. The third-order valence-corrected chi connectivity index (χ3v) is 3.40. The second kappa shape index (κ2) is 8.62. The average molecular weight is 327 g/mol. The molecule has 0 fully saturated rings. The molecule has 0 spiro atoms. The predicted octanol–water partition coefficient (Wildman–Crippen LogP) is 3.88. The molecule has 0 radical (unpaired) electrons. The molecule has 5 heteroatoms. The fraction of sp³-hybridized carbons (Fsp3) is 0.158. The van der Waals surface area contributed by atoms with Crippen molar-refractivity contribution in [3.05, 3.63) is 71.6 Å². The van der Waals surface area contributed by atoms with Crippen molar-refractivity contribution in [1.82, 2.24) is 0 Å². The Kier molecular flexibility index (Phi) is 6.25. The van der Waals surface area contributed by atoms with Crippen LogP contribution in [0.25, 0.3) is 6.08 Å². The number of aliphatic carboxylic acids is 1. The summed E-state index contributed by atoms with van der Waals surface area (Å²) in [4.78, 5) is 22.3. The standard InChI is InChI=1S/C19H18FNO3/c20-17-6-2-1-5-15(17)10-13-18(22)21-16-11-8-14(9-12-16)4-3-7-19(23)24/h1-2,5-6,8-13H,3-4,7H2,(H,21,22)(H,23,24)/b13-10+. The summed E-state index contributed by atoms with van der Waals surface area (Å²) in [6.07, 6.45) is 4.09. The van der Waals surface area contributed by atoms with E-state index in [4.69, 9.17) is 5.11 Å². The molecule has 4 nitrogen and oxygen atoms in total. The Morgan fingerprint density at radius 3 is 2.46 bits per heavy atom. The number of carbonyl (C=O) groups is 2. The first kappa shape index (κ1) is 17.4. The van der Waals surface area contributed by atoms with E-state index >= 15 is 0 Å². The first-order valence-electron chi connectivity index (χ1n) is 7.59. The third kappa shape index (κ3) is 5.68. The van der Waals surface area contributed by atoms with Crippen molar-refractivity contribution in [2.75, 3.05) is 5.32 Å². The molecule has 0 saturated carbocycles. The van der Waals surface area contributed by atoms with Crippen molar-refractivity contribution < 1.29 is 19.1 Å². The highest BCUT2D eigenvalue weighted by Crippen LogP contribution is 2.13. The average Bonchev–Trinajstić information content (AvgIpc) is 2.55. The summed E-state index contributed by atoms with van der Waals surface area (Å²) in [6, 6.07) is 13.4. The number of hydrogen-bond donors (Lipinski definition) is 2. The molecule has 0 aliphatic heterocycles. The molecular weight excluding hydrogens is 309 g/mol. The van der Waals surface area contributed by atoms with Gasteiger partial charge >= 0.3 is 5.97 Å². The molecule has 2 aromatic rings.